The number of H-pyrrole nitrogens is 1. The van der Waals surface area contributed by atoms with Gasteiger partial charge in [-0.15, -0.1) is 0 Å². The zero-order valence-corrected chi connectivity index (χ0v) is 11.1. The van der Waals surface area contributed by atoms with E-state index in [9.17, 15) is 0 Å². The van der Waals surface area contributed by atoms with Gasteiger partial charge >= 0.3 is 0 Å². The van der Waals surface area contributed by atoms with Crippen LogP contribution in [0, 0.1) is 0 Å². The smallest absolute Gasteiger partial charge is 0.202 e. The van der Waals surface area contributed by atoms with E-state index in [0.717, 1.165) is 29.7 Å². The van der Waals surface area contributed by atoms with E-state index in [1.165, 1.54) is 11.5 Å². The van der Waals surface area contributed by atoms with Crippen molar-refractivity contribution in [3.8, 4) is 0 Å². The van der Waals surface area contributed by atoms with Crippen molar-refractivity contribution in [3.05, 3.63) is 24.0 Å². The lowest BCUT2D eigenvalue weighted by atomic mass is 9.96. The summed E-state index contributed by atoms with van der Waals surface area (Å²) in [5, 5.41) is 4.14. The number of imidazole rings is 1. The van der Waals surface area contributed by atoms with Crippen molar-refractivity contribution < 1.29 is 0 Å². The summed E-state index contributed by atoms with van der Waals surface area (Å²) in [5.74, 6) is 1.88. The molecule has 0 fully saturated rings. The van der Waals surface area contributed by atoms with Crippen molar-refractivity contribution in [1.82, 2.24) is 19.3 Å². The molecule has 0 aliphatic heterocycles. The van der Waals surface area contributed by atoms with E-state index < -0.39 is 0 Å². The molecule has 0 bridgehead atoms. The fourth-order valence-corrected chi connectivity index (χ4v) is 2.10. The van der Waals surface area contributed by atoms with E-state index in [2.05, 4.69) is 45.4 Å². The van der Waals surface area contributed by atoms with Crippen molar-refractivity contribution in [2.45, 2.75) is 32.6 Å². The number of anilines is 1. The summed E-state index contributed by atoms with van der Waals surface area (Å²) in [4.78, 5) is 11.7. The summed E-state index contributed by atoms with van der Waals surface area (Å²) >= 11 is 1.41. The van der Waals surface area contributed by atoms with Crippen LogP contribution in [-0.2, 0) is 11.8 Å². The van der Waals surface area contributed by atoms with E-state index in [4.69, 9.17) is 0 Å². The van der Waals surface area contributed by atoms with E-state index in [0.29, 0.717) is 0 Å². The number of hydrogen-bond donors (Lipinski definition) is 2. The maximum Gasteiger partial charge on any atom is 0.202 e. The normalized spacial score (nSPS) is 11.7. The Balaban J connectivity index is 1.85. The molecule has 0 aliphatic rings. The highest BCUT2D eigenvalue weighted by Gasteiger charge is 2.19. The largest absolute Gasteiger partial charge is 0.360 e. The Morgan fingerprint density at radius 2 is 2.24 bits per heavy atom. The lowest BCUT2D eigenvalue weighted by Gasteiger charge is -2.12. The van der Waals surface area contributed by atoms with Gasteiger partial charge in [0, 0.05) is 42.3 Å². The highest BCUT2D eigenvalue weighted by atomic mass is 32.1. The van der Waals surface area contributed by atoms with Crippen LogP contribution in [0.3, 0.4) is 0 Å². The van der Waals surface area contributed by atoms with Crippen molar-refractivity contribution in [2.24, 2.45) is 0 Å². The van der Waals surface area contributed by atoms with Crippen molar-refractivity contribution in [2.75, 3.05) is 11.9 Å². The zero-order chi connectivity index (χ0) is 12.3. The second-order valence-electron chi connectivity index (χ2n) is 4.89. The van der Waals surface area contributed by atoms with E-state index in [1.54, 1.807) is 6.20 Å². The summed E-state index contributed by atoms with van der Waals surface area (Å²) < 4.78 is 4.35. The molecule has 0 aliphatic carbocycles. The van der Waals surface area contributed by atoms with Gasteiger partial charge in [0.05, 0.1) is 0 Å². The van der Waals surface area contributed by atoms with Crippen LogP contribution in [0.25, 0.3) is 0 Å². The van der Waals surface area contributed by atoms with Crippen LogP contribution in [0.5, 0.6) is 0 Å². The van der Waals surface area contributed by atoms with Gasteiger partial charge < -0.3 is 10.3 Å². The Morgan fingerprint density at radius 3 is 2.82 bits per heavy atom. The molecule has 5 nitrogen and oxygen atoms in total. The lowest BCUT2D eigenvalue weighted by molar-refractivity contribution is 0.555. The van der Waals surface area contributed by atoms with Gasteiger partial charge in [-0.3, -0.25) is 0 Å². The molecule has 0 saturated heterocycles. The third-order valence-corrected chi connectivity index (χ3v) is 2.96. The average molecular weight is 251 g/mol. The van der Waals surface area contributed by atoms with Gasteiger partial charge in [-0.1, -0.05) is 20.8 Å². The highest BCUT2D eigenvalue weighted by Crippen LogP contribution is 2.22. The third-order valence-electron chi connectivity index (χ3n) is 2.29. The van der Waals surface area contributed by atoms with E-state index in [1.807, 2.05) is 6.20 Å². The molecule has 2 N–H and O–H groups in total. The molecule has 2 heterocycles. The summed E-state index contributed by atoms with van der Waals surface area (Å²) in [7, 11) is 0. The molecule has 0 aromatic carbocycles. The van der Waals surface area contributed by atoms with Crippen LogP contribution in [0.1, 0.15) is 32.4 Å². The maximum absolute atomic E-state index is 4.47. The van der Waals surface area contributed by atoms with Crippen LogP contribution in [0.2, 0.25) is 0 Å². The molecule has 6 heteroatoms. The molecule has 0 spiro atoms. The van der Waals surface area contributed by atoms with Crippen LogP contribution in [0.4, 0.5) is 5.13 Å². The Bertz CT molecular complexity index is 454. The molecular weight excluding hydrogens is 234 g/mol. The average Bonchev–Trinajstić information content (AvgIpc) is 2.86. The number of nitrogens with zero attached hydrogens (tertiary/aromatic N) is 3. The first-order valence-corrected chi connectivity index (χ1v) is 6.39. The fourth-order valence-electron chi connectivity index (χ4n) is 1.32. The number of aromatic amines is 1. The number of rotatable bonds is 4. The lowest BCUT2D eigenvalue weighted by Crippen LogP contribution is -2.13. The van der Waals surface area contributed by atoms with E-state index >= 15 is 0 Å². The highest BCUT2D eigenvalue weighted by molar-refractivity contribution is 7.09. The summed E-state index contributed by atoms with van der Waals surface area (Å²) in [5.41, 5.74) is 0.0114. The summed E-state index contributed by atoms with van der Waals surface area (Å²) in [6, 6.07) is 0. The van der Waals surface area contributed by atoms with Crippen molar-refractivity contribution >= 4 is 16.7 Å². The maximum atomic E-state index is 4.47. The standard InChI is InChI=1S/C11H17N5S/c1-11(2,3)9-15-10(17-16-9)14-5-4-8-12-6-7-13-8/h6-7H,4-5H2,1-3H3,(H,12,13)(H,14,15,16). The fraction of sp³-hybridized carbons (Fsp3) is 0.545. The second-order valence-corrected chi connectivity index (χ2v) is 5.64. The van der Waals surface area contributed by atoms with Gasteiger partial charge in [0.15, 0.2) is 0 Å². The van der Waals surface area contributed by atoms with Crippen LogP contribution < -0.4 is 5.32 Å². The molecule has 2 rings (SSSR count). The number of hydrogen-bond acceptors (Lipinski definition) is 5. The first kappa shape index (κ1) is 12.0. The minimum Gasteiger partial charge on any atom is -0.360 e. The van der Waals surface area contributed by atoms with Crippen LogP contribution in [0.15, 0.2) is 12.4 Å². The number of nitrogens with one attached hydrogen (secondary N) is 2. The Morgan fingerprint density at radius 1 is 1.41 bits per heavy atom. The molecule has 2 aromatic rings. The Kier molecular flexibility index (Phi) is 3.42. The monoisotopic (exact) mass is 251 g/mol. The minimum absolute atomic E-state index is 0.0114. The van der Waals surface area contributed by atoms with Gasteiger partial charge in [0.25, 0.3) is 0 Å². The third kappa shape index (κ3) is 3.26. The molecule has 0 unspecified atom stereocenters. The molecular formula is C11H17N5S. The predicted molar refractivity (Wildman–Crippen MR) is 69.4 cm³/mol. The molecule has 0 atom stereocenters. The first-order chi connectivity index (χ1) is 8.05. The molecule has 92 valence electrons. The Labute approximate surface area is 105 Å². The zero-order valence-electron chi connectivity index (χ0n) is 10.3. The van der Waals surface area contributed by atoms with Gasteiger partial charge in [-0.25, -0.2) is 9.97 Å². The first-order valence-electron chi connectivity index (χ1n) is 5.62. The SMILES string of the molecule is CC(C)(C)c1nsc(NCCc2ncc[nH]2)n1. The molecule has 0 saturated carbocycles. The summed E-state index contributed by atoms with van der Waals surface area (Å²) in [6.07, 6.45) is 4.45. The van der Waals surface area contributed by atoms with Gasteiger partial charge in [0.2, 0.25) is 5.13 Å². The molecule has 2 aromatic heterocycles. The summed E-state index contributed by atoms with van der Waals surface area (Å²) in [6.45, 7) is 7.15. The Hall–Kier alpha value is -1.43. The van der Waals surface area contributed by atoms with Crippen molar-refractivity contribution in [1.29, 1.82) is 0 Å². The van der Waals surface area contributed by atoms with Crippen LogP contribution >= 0.6 is 11.5 Å². The predicted octanol–water partition coefficient (Wildman–Crippen LogP) is 2.21. The quantitative estimate of drug-likeness (QED) is 0.874. The molecule has 0 radical (unpaired) electrons. The molecule has 17 heavy (non-hydrogen) atoms. The molecule has 0 amide bonds. The van der Waals surface area contributed by atoms with Crippen molar-refractivity contribution in [3.63, 3.8) is 0 Å². The topological polar surface area (TPSA) is 66.5 Å². The van der Waals surface area contributed by atoms with Crippen LogP contribution in [-0.4, -0.2) is 25.9 Å². The van der Waals surface area contributed by atoms with E-state index in [-0.39, 0.29) is 5.41 Å². The van der Waals surface area contributed by atoms with Gasteiger partial charge in [-0.05, 0) is 0 Å². The number of aromatic nitrogens is 4. The van der Waals surface area contributed by atoms with Gasteiger partial charge in [-0.2, -0.15) is 4.37 Å². The minimum atomic E-state index is 0.0114. The van der Waals surface area contributed by atoms with Gasteiger partial charge in [0.1, 0.15) is 11.6 Å². The second kappa shape index (κ2) is 4.83.